The molecule has 0 spiro atoms. The monoisotopic (exact) mass is 404 g/mol. The number of likely N-dealkylation sites (tertiary alicyclic amines) is 1. The zero-order valence-electron chi connectivity index (χ0n) is 16.3. The predicted octanol–water partition coefficient (Wildman–Crippen LogP) is 3.70. The third kappa shape index (κ3) is 3.57. The normalized spacial score (nSPS) is 18.0. The van der Waals surface area contributed by atoms with Gasteiger partial charge in [0, 0.05) is 18.0 Å². The van der Waals surface area contributed by atoms with Gasteiger partial charge in [0.2, 0.25) is 0 Å². The van der Waals surface area contributed by atoms with Crippen LogP contribution in [0.15, 0.2) is 77.2 Å². The van der Waals surface area contributed by atoms with E-state index < -0.39 is 17.7 Å². The highest BCUT2D eigenvalue weighted by Crippen LogP contribution is 2.40. The topological polar surface area (TPSA) is 92.9 Å². The molecule has 3 heterocycles. The lowest BCUT2D eigenvalue weighted by Crippen LogP contribution is -2.29. The van der Waals surface area contributed by atoms with E-state index in [9.17, 15) is 14.7 Å². The first kappa shape index (κ1) is 19.4. The van der Waals surface area contributed by atoms with Crippen LogP contribution in [0.4, 0.5) is 0 Å². The average molecular weight is 404 g/mol. The van der Waals surface area contributed by atoms with Crippen LogP contribution in [0.1, 0.15) is 29.9 Å². The number of amides is 1. The number of furan rings is 1. The first-order chi connectivity index (χ1) is 14.6. The first-order valence-electron chi connectivity index (χ1n) is 9.54. The van der Waals surface area contributed by atoms with Crippen LogP contribution in [0.25, 0.3) is 5.76 Å². The quantitative estimate of drug-likeness (QED) is 0.383. The van der Waals surface area contributed by atoms with Crippen molar-refractivity contribution in [1.29, 1.82) is 0 Å². The fourth-order valence-electron chi connectivity index (χ4n) is 3.55. The highest BCUT2D eigenvalue weighted by molar-refractivity contribution is 6.46. The number of aliphatic hydroxyl groups is 1. The number of aromatic nitrogens is 1. The lowest BCUT2D eigenvalue weighted by atomic mass is 9.96. The molecule has 4 rings (SSSR count). The largest absolute Gasteiger partial charge is 0.507 e. The lowest BCUT2D eigenvalue weighted by Gasteiger charge is -2.24. The van der Waals surface area contributed by atoms with Gasteiger partial charge >= 0.3 is 0 Å². The molecule has 0 saturated carbocycles. The van der Waals surface area contributed by atoms with E-state index in [2.05, 4.69) is 4.98 Å². The lowest BCUT2D eigenvalue weighted by molar-refractivity contribution is -0.140. The molecule has 0 bridgehead atoms. The number of nitrogens with zero attached hydrogens (tertiary/aromatic N) is 2. The number of hydrogen-bond donors (Lipinski definition) is 1. The second-order valence-corrected chi connectivity index (χ2v) is 6.75. The molecule has 1 amide bonds. The highest BCUT2D eigenvalue weighted by Gasteiger charge is 2.46. The van der Waals surface area contributed by atoms with Gasteiger partial charge in [0.15, 0.2) is 0 Å². The number of aliphatic hydroxyl groups excluding tert-OH is 1. The van der Waals surface area contributed by atoms with Gasteiger partial charge in [0.25, 0.3) is 11.7 Å². The maximum Gasteiger partial charge on any atom is 0.296 e. The maximum absolute atomic E-state index is 13.0. The smallest absolute Gasteiger partial charge is 0.296 e. The van der Waals surface area contributed by atoms with E-state index in [-0.39, 0.29) is 17.9 Å². The molecule has 1 aliphatic heterocycles. The number of Topliss-reactive ketones (excluding diaryl/α,β-unsaturated/α-hetero) is 1. The zero-order valence-corrected chi connectivity index (χ0v) is 16.3. The van der Waals surface area contributed by atoms with Gasteiger partial charge in [-0.25, -0.2) is 0 Å². The standard InChI is InChI=1S/C23H20N2O5/c1-2-29-17-8-3-6-15(12-17)21(26)19-20(16-7-4-10-24-13-16)25(23(28)22(19)27)14-18-9-5-11-30-18/h3-13,20,26H,2,14H2,1H3/t20-/m1/s1. The summed E-state index contributed by atoms with van der Waals surface area (Å²) in [4.78, 5) is 31.3. The second kappa shape index (κ2) is 8.24. The Balaban J connectivity index is 1.84. The van der Waals surface area contributed by atoms with Crippen LogP contribution in [0.3, 0.4) is 0 Å². The van der Waals surface area contributed by atoms with Crippen LogP contribution >= 0.6 is 0 Å². The molecule has 0 unspecified atom stereocenters. The number of rotatable bonds is 6. The van der Waals surface area contributed by atoms with Crippen molar-refractivity contribution in [3.63, 3.8) is 0 Å². The summed E-state index contributed by atoms with van der Waals surface area (Å²) in [5, 5.41) is 11.1. The summed E-state index contributed by atoms with van der Waals surface area (Å²) in [6.45, 7) is 2.41. The molecule has 3 aromatic rings. The Labute approximate surface area is 173 Å². The Hall–Kier alpha value is -3.87. The Morgan fingerprint density at radius 1 is 1.20 bits per heavy atom. The van der Waals surface area contributed by atoms with Gasteiger partial charge in [-0.2, -0.15) is 0 Å². The fraction of sp³-hybridized carbons (Fsp3) is 0.174. The molecular weight excluding hydrogens is 384 g/mol. The number of hydrogen-bond acceptors (Lipinski definition) is 6. The third-order valence-electron chi connectivity index (χ3n) is 4.86. The number of ketones is 1. The summed E-state index contributed by atoms with van der Waals surface area (Å²) in [5.74, 6) is -0.628. The third-order valence-corrected chi connectivity index (χ3v) is 4.86. The molecule has 1 saturated heterocycles. The predicted molar refractivity (Wildman–Crippen MR) is 108 cm³/mol. The van der Waals surface area contributed by atoms with E-state index in [4.69, 9.17) is 9.15 Å². The van der Waals surface area contributed by atoms with Crippen molar-refractivity contribution in [1.82, 2.24) is 9.88 Å². The molecule has 7 heteroatoms. The van der Waals surface area contributed by atoms with Gasteiger partial charge in [-0.05, 0) is 42.8 Å². The maximum atomic E-state index is 13.0. The van der Waals surface area contributed by atoms with Crippen molar-refractivity contribution in [2.75, 3.05) is 6.61 Å². The van der Waals surface area contributed by atoms with E-state index in [1.165, 1.54) is 11.2 Å². The molecule has 7 nitrogen and oxygen atoms in total. The van der Waals surface area contributed by atoms with Gasteiger partial charge in [0.1, 0.15) is 17.3 Å². The molecule has 1 N–H and O–H groups in total. The average Bonchev–Trinajstić information content (AvgIpc) is 3.37. The summed E-state index contributed by atoms with van der Waals surface area (Å²) in [6.07, 6.45) is 4.69. The molecule has 1 aromatic carbocycles. The van der Waals surface area contributed by atoms with Crippen molar-refractivity contribution in [3.8, 4) is 5.75 Å². The zero-order chi connectivity index (χ0) is 21.1. The van der Waals surface area contributed by atoms with Crippen molar-refractivity contribution in [3.05, 3.63) is 89.6 Å². The van der Waals surface area contributed by atoms with Gasteiger partial charge in [-0.3, -0.25) is 14.6 Å². The molecule has 30 heavy (non-hydrogen) atoms. The molecule has 0 aliphatic carbocycles. The number of carbonyl (C=O) groups excluding carboxylic acids is 2. The molecular formula is C23H20N2O5. The molecule has 1 atom stereocenters. The van der Waals surface area contributed by atoms with E-state index in [0.717, 1.165) is 0 Å². The van der Waals surface area contributed by atoms with Crippen LogP contribution in [0.5, 0.6) is 5.75 Å². The molecule has 0 radical (unpaired) electrons. The van der Waals surface area contributed by atoms with Crippen molar-refractivity contribution in [2.45, 2.75) is 19.5 Å². The van der Waals surface area contributed by atoms with Crippen LogP contribution in [0.2, 0.25) is 0 Å². The number of carbonyl (C=O) groups is 2. The van der Waals surface area contributed by atoms with Gasteiger partial charge < -0.3 is 19.2 Å². The van der Waals surface area contributed by atoms with Gasteiger partial charge in [-0.1, -0.05) is 18.2 Å². The first-order valence-corrected chi connectivity index (χ1v) is 9.54. The van der Waals surface area contributed by atoms with Crippen LogP contribution in [0, 0.1) is 0 Å². The fourth-order valence-corrected chi connectivity index (χ4v) is 3.55. The number of ether oxygens (including phenoxy) is 1. The van der Waals surface area contributed by atoms with Crippen molar-refractivity contribution >= 4 is 17.4 Å². The van der Waals surface area contributed by atoms with Gasteiger partial charge in [0.05, 0.1) is 31.0 Å². The minimum atomic E-state index is -0.792. The molecule has 1 aliphatic rings. The van der Waals surface area contributed by atoms with E-state index in [1.807, 2.05) is 6.92 Å². The van der Waals surface area contributed by atoms with E-state index >= 15 is 0 Å². The van der Waals surface area contributed by atoms with E-state index in [1.54, 1.807) is 60.9 Å². The summed E-state index contributed by atoms with van der Waals surface area (Å²) in [6, 6.07) is 12.9. The van der Waals surface area contributed by atoms with Crippen LogP contribution in [-0.2, 0) is 16.1 Å². The Kier molecular flexibility index (Phi) is 5.34. The van der Waals surface area contributed by atoms with Crippen molar-refractivity contribution in [2.24, 2.45) is 0 Å². The molecule has 2 aromatic heterocycles. The Bertz CT molecular complexity index is 1090. The van der Waals surface area contributed by atoms with Crippen molar-refractivity contribution < 1.29 is 23.8 Å². The summed E-state index contributed by atoms with van der Waals surface area (Å²) in [7, 11) is 0. The number of pyridine rings is 1. The van der Waals surface area contributed by atoms with Gasteiger partial charge in [-0.15, -0.1) is 0 Å². The minimum absolute atomic E-state index is 0.00760. The number of benzene rings is 1. The Morgan fingerprint density at radius 3 is 2.77 bits per heavy atom. The minimum Gasteiger partial charge on any atom is -0.507 e. The Morgan fingerprint density at radius 2 is 2.07 bits per heavy atom. The molecule has 1 fully saturated rings. The second-order valence-electron chi connectivity index (χ2n) is 6.75. The summed E-state index contributed by atoms with van der Waals surface area (Å²) >= 11 is 0. The highest BCUT2D eigenvalue weighted by atomic mass is 16.5. The van der Waals surface area contributed by atoms with Crippen LogP contribution < -0.4 is 4.74 Å². The van der Waals surface area contributed by atoms with E-state index in [0.29, 0.717) is 29.2 Å². The summed E-state index contributed by atoms with van der Waals surface area (Å²) < 4.78 is 10.9. The summed E-state index contributed by atoms with van der Waals surface area (Å²) in [5.41, 5.74) is 1.02. The SMILES string of the molecule is CCOc1cccc(C(O)=C2C(=O)C(=O)N(Cc3ccco3)[C@@H]2c2cccnc2)c1. The molecule has 152 valence electrons. The van der Waals surface area contributed by atoms with Crippen LogP contribution in [-0.4, -0.2) is 33.3 Å².